The predicted molar refractivity (Wildman–Crippen MR) is 65.6 cm³/mol. The first-order chi connectivity index (χ1) is 8.06. The van der Waals surface area contributed by atoms with Crippen LogP contribution in [-0.4, -0.2) is 8.42 Å². The predicted octanol–water partition coefficient (Wildman–Crippen LogP) is 3.15. The minimum absolute atomic E-state index is 0.473. The van der Waals surface area contributed by atoms with Gasteiger partial charge in [0, 0.05) is 0 Å². The number of rotatable bonds is 3. The average Bonchev–Trinajstić information content (AvgIpc) is 2.29. The van der Waals surface area contributed by atoms with Crippen molar-refractivity contribution in [2.24, 2.45) is 0 Å². The summed E-state index contributed by atoms with van der Waals surface area (Å²) in [5, 5.41) is 0. The van der Waals surface area contributed by atoms with Crippen LogP contribution in [0.4, 0.5) is 3.89 Å². The van der Waals surface area contributed by atoms with Gasteiger partial charge in [-0.25, -0.2) is 0 Å². The van der Waals surface area contributed by atoms with E-state index in [-0.39, 0.29) is 0 Å². The normalized spacial score (nSPS) is 11.4. The van der Waals surface area contributed by atoms with Gasteiger partial charge < -0.3 is 0 Å². The fraction of sp³-hybridized carbons (Fsp3) is 0.0769. The van der Waals surface area contributed by atoms with Crippen molar-refractivity contribution in [1.29, 1.82) is 0 Å². The highest BCUT2D eigenvalue weighted by molar-refractivity contribution is 7.85. The van der Waals surface area contributed by atoms with Gasteiger partial charge in [-0.3, -0.25) is 0 Å². The highest BCUT2D eigenvalue weighted by Crippen LogP contribution is 2.25. The second-order valence-corrected chi connectivity index (χ2v) is 5.07. The molecule has 0 saturated carbocycles. The van der Waals surface area contributed by atoms with Crippen molar-refractivity contribution in [3.05, 3.63) is 60.2 Å². The molecular formula is C13H11FO2S. The summed E-state index contributed by atoms with van der Waals surface area (Å²) in [4.78, 5) is 0. The molecule has 0 saturated heterocycles. The van der Waals surface area contributed by atoms with E-state index in [2.05, 4.69) is 0 Å². The maximum absolute atomic E-state index is 12.7. The lowest BCUT2D eigenvalue weighted by molar-refractivity contribution is 0.551. The van der Waals surface area contributed by atoms with Crippen LogP contribution in [0.25, 0.3) is 11.1 Å². The fourth-order valence-electron chi connectivity index (χ4n) is 1.73. The molecular weight excluding hydrogens is 239 g/mol. The molecule has 0 aromatic heterocycles. The van der Waals surface area contributed by atoms with Crippen molar-refractivity contribution < 1.29 is 12.3 Å². The molecule has 2 aromatic carbocycles. The topological polar surface area (TPSA) is 34.1 Å². The highest BCUT2D eigenvalue weighted by Gasteiger charge is 2.12. The molecule has 88 valence electrons. The Kier molecular flexibility index (Phi) is 3.24. The van der Waals surface area contributed by atoms with Crippen LogP contribution in [0.2, 0.25) is 0 Å². The number of benzene rings is 2. The average molecular weight is 250 g/mol. The van der Waals surface area contributed by atoms with E-state index in [1.165, 1.54) is 0 Å². The summed E-state index contributed by atoms with van der Waals surface area (Å²) in [6.07, 6.45) is 0. The molecule has 0 bridgehead atoms. The Balaban J connectivity index is 2.49. The van der Waals surface area contributed by atoms with E-state index in [0.717, 1.165) is 11.1 Å². The first kappa shape index (κ1) is 11.8. The summed E-state index contributed by atoms with van der Waals surface area (Å²) in [6, 6.07) is 16.2. The van der Waals surface area contributed by atoms with E-state index in [0.29, 0.717) is 5.56 Å². The van der Waals surface area contributed by atoms with Crippen molar-refractivity contribution in [2.75, 3.05) is 0 Å². The number of halogens is 1. The van der Waals surface area contributed by atoms with Gasteiger partial charge in [-0.05, 0) is 16.7 Å². The van der Waals surface area contributed by atoms with Crippen molar-refractivity contribution in [3.8, 4) is 11.1 Å². The molecule has 17 heavy (non-hydrogen) atoms. The van der Waals surface area contributed by atoms with Crippen LogP contribution >= 0.6 is 0 Å². The van der Waals surface area contributed by atoms with Gasteiger partial charge in [0.15, 0.2) is 0 Å². The zero-order valence-electron chi connectivity index (χ0n) is 9.01. The summed E-state index contributed by atoms with van der Waals surface area (Å²) in [7, 11) is -4.51. The Hall–Kier alpha value is -1.68. The van der Waals surface area contributed by atoms with Crippen LogP contribution in [-0.2, 0) is 16.0 Å². The summed E-state index contributed by atoms with van der Waals surface area (Å²) in [5.74, 6) is -0.585. The minimum Gasteiger partial charge on any atom is -0.194 e. The molecule has 2 aromatic rings. The number of hydrogen-bond donors (Lipinski definition) is 0. The fourth-order valence-corrected chi connectivity index (χ4v) is 2.35. The summed E-state index contributed by atoms with van der Waals surface area (Å²) in [5.41, 5.74) is 2.10. The third-order valence-electron chi connectivity index (χ3n) is 2.43. The van der Waals surface area contributed by atoms with E-state index in [9.17, 15) is 12.3 Å². The van der Waals surface area contributed by atoms with Crippen LogP contribution < -0.4 is 0 Å². The van der Waals surface area contributed by atoms with Crippen LogP contribution in [0.3, 0.4) is 0 Å². The van der Waals surface area contributed by atoms with E-state index < -0.39 is 16.0 Å². The minimum atomic E-state index is -4.51. The van der Waals surface area contributed by atoms with Gasteiger partial charge in [-0.15, -0.1) is 3.89 Å². The van der Waals surface area contributed by atoms with Gasteiger partial charge in [-0.1, -0.05) is 54.6 Å². The monoisotopic (exact) mass is 250 g/mol. The molecule has 0 unspecified atom stereocenters. The van der Waals surface area contributed by atoms with Crippen LogP contribution in [0.5, 0.6) is 0 Å². The number of hydrogen-bond acceptors (Lipinski definition) is 2. The quantitative estimate of drug-likeness (QED) is 0.784. The molecule has 2 nitrogen and oxygen atoms in total. The van der Waals surface area contributed by atoms with Crippen LogP contribution in [0, 0.1) is 0 Å². The highest BCUT2D eigenvalue weighted by atomic mass is 32.3. The molecule has 0 radical (unpaired) electrons. The van der Waals surface area contributed by atoms with Gasteiger partial charge in [0.25, 0.3) is 0 Å². The van der Waals surface area contributed by atoms with Crippen molar-refractivity contribution in [3.63, 3.8) is 0 Å². The Bertz CT molecular complexity index is 606. The Morgan fingerprint density at radius 3 is 2.12 bits per heavy atom. The van der Waals surface area contributed by atoms with Gasteiger partial charge in [0.2, 0.25) is 0 Å². The standard InChI is InChI=1S/C13H11FO2S/c14-17(15,16)10-12-8-4-5-9-13(12)11-6-2-1-3-7-11/h1-9H,10H2. The van der Waals surface area contributed by atoms with Crippen molar-refractivity contribution >= 4 is 10.2 Å². The SMILES string of the molecule is O=S(=O)(F)Cc1ccccc1-c1ccccc1. The first-order valence-electron chi connectivity index (χ1n) is 5.12. The van der Waals surface area contributed by atoms with Crippen molar-refractivity contribution in [2.45, 2.75) is 5.75 Å². The van der Waals surface area contributed by atoms with Gasteiger partial charge in [0.1, 0.15) is 5.75 Å². The molecule has 0 amide bonds. The largest absolute Gasteiger partial charge is 0.306 e. The van der Waals surface area contributed by atoms with Gasteiger partial charge in [0.05, 0.1) is 0 Å². The zero-order valence-corrected chi connectivity index (χ0v) is 9.82. The van der Waals surface area contributed by atoms with E-state index in [1.807, 2.05) is 30.3 Å². The molecule has 4 heteroatoms. The molecule has 0 aliphatic heterocycles. The summed E-state index contributed by atoms with van der Waals surface area (Å²) in [6.45, 7) is 0. The maximum atomic E-state index is 12.7. The molecule has 0 aliphatic rings. The molecule has 2 rings (SSSR count). The van der Waals surface area contributed by atoms with Gasteiger partial charge >= 0.3 is 10.2 Å². The van der Waals surface area contributed by atoms with Crippen LogP contribution in [0.15, 0.2) is 54.6 Å². The molecule has 0 atom stereocenters. The maximum Gasteiger partial charge on any atom is 0.306 e. The van der Waals surface area contributed by atoms with E-state index >= 15 is 0 Å². The Morgan fingerprint density at radius 2 is 1.47 bits per heavy atom. The summed E-state index contributed by atoms with van der Waals surface area (Å²) >= 11 is 0. The first-order valence-corrected chi connectivity index (χ1v) is 6.67. The molecule has 0 N–H and O–H groups in total. The lowest BCUT2D eigenvalue weighted by Gasteiger charge is -2.07. The van der Waals surface area contributed by atoms with Gasteiger partial charge in [-0.2, -0.15) is 8.42 Å². The molecule has 0 heterocycles. The lowest BCUT2D eigenvalue weighted by atomic mass is 10.0. The van der Waals surface area contributed by atoms with Crippen molar-refractivity contribution in [1.82, 2.24) is 0 Å². The van der Waals surface area contributed by atoms with E-state index in [1.54, 1.807) is 24.3 Å². The summed E-state index contributed by atoms with van der Waals surface area (Å²) < 4.78 is 34.2. The Labute approximate surface area is 99.9 Å². The van der Waals surface area contributed by atoms with Crippen LogP contribution in [0.1, 0.15) is 5.56 Å². The third-order valence-corrected chi connectivity index (χ3v) is 3.09. The van der Waals surface area contributed by atoms with E-state index in [4.69, 9.17) is 0 Å². The third kappa shape index (κ3) is 3.14. The molecule has 0 aliphatic carbocycles. The smallest absolute Gasteiger partial charge is 0.194 e. The molecule has 0 fully saturated rings. The second kappa shape index (κ2) is 4.67. The lowest BCUT2D eigenvalue weighted by Crippen LogP contribution is -1.98. The zero-order chi connectivity index (χ0) is 12.3. The molecule has 0 spiro atoms. The Morgan fingerprint density at radius 1 is 0.882 bits per heavy atom. The second-order valence-electron chi connectivity index (χ2n) is 3.71.